The lowest BCUT2D eigenvalue weighted by molar-refractivity contribution is 0.0697. The number of imidazole rings is 1. The first-order chi connectivity index (χ1) is 11.6. The average Bonchev–Trinajstić information content (AvgIpc) is 2.90. The van der Waals surface area contributed by atoms with Crippen LogP contribution in [0, 0.1) is 6.92 Å². The highest BCUT2D eigenvalue weighted by Gasteiger charge is 2.12. The van der Waals surface area contributed by atoms with E-state index in [0.717, 1.165) is 47.4 Å². The summed E-state index contributed by atoms with van der Waals surface area (Å²) in [6.45, 7) is 4.83. The van der Waals surface area contributed by atoms with E-state index in [1.165, 1.54) is 0 Å². The number of benzene rings is 1. The zero-order valence-electron chi connectivity index (χ0n) is 14.0. The molecule has 0 saturated carbocycles. The van der Waals surface area contributed by atoms with Crippen LogP contribution >= 0.6 is 0 Å². The molecule has 0 amide bonds. The van der Waals surface area contributed by atoms with Gasteiger partial charge in [0.05, 0.1) is 12.1 Å². The lowest BCUT2D eigenvalue weighted by atomic mass is 10.1. The minimum absolute atomic E-state index is 0.300. The Kier molecular flexibility index (Phi) is 4.60. The highest BCUT2D eigenvalue weighted by atomic mass is 16.4. The number of aromatic carboxylic acids is 1. The first-order valence-corrected chi connectivity index (χ1v) is 8.22. The van der Waals surface area contributed by atoms with Crippen LogP contribution in [0.25, 0.3) is 11.2 Å². The Balaban J connectivity index is 1.98. The quantitative estimate of drug-likeness (QED) is 0.748. The van der Waals surface area contributed by atoms with Crippen LogP contribution in [0.1, 0.15) is 47.1 Å². The number of fused-ring (bicyclic) bond motifs is 1. The minimum atomic E-state index is -0.907. The number of aryl methyl sites for hydroxylation is 2. The Bertz CT molecular complexity index is 866. The number of unbranched alkanes of at least 4 members (excludes halogenated alkanes) is 1. The maximum atomic E-state index is 11.0. The molecule has 5 nitrogen and oxygen atoms in total. The average molecular weight is 323 g/mol. The summed E-state index contributed by atoms with van der Waals surface area (Å²) in [6.07, 6.45) is 4.97. The Labute approximate surface area is 141 Å². The molecular weight excluding hydrogens is 302 g/mol. The number of hydrogen-bond acceptors (Lipinski definition) is 3. The highest BCUT2D eigenvalue weighted by Crippen LogP contribution is 2.19. The summed E-state index contributed by atoms with van der Waals surface area (Å²) in [5.41, 5.74) is 4.24. The van der Waals surface area contributed by atoms with E-state index in [1.54, 1.807) is 12.1 Å². The molecule has 124 valence electrons. The van der Waals surface area contributed by atoms with Crippen LogP contribution in [0.15, 0.2) is 36.5 Å². The van der Waals surface area contributed by atoms with Gasteiger partial charge in [-0.15, -0.1) is 0 Å². The number of carboxylic acids is 1. The van der Waals surface area contributed by atoms with E-state index in [4.69, 9.17) is 10.1 Å². The van der Waals surface area contributed by atoms with Gasteiger partial charge in [0.25, 0.3) is 0 Å². The van der Waals surface area contributed by atoms with Crippen LogP contribution in [0.3, 0.4) is 0 Å². The van der Waals surface area contributed by atoms with Crippen LogP contribution in [-0.2, 0) is 13.0 Å². The number of pyridine rings is 1. The summed E-state index contributed by atoms with van der Waals surface area (Å²) in [7, 11) is 0. The van der Waals surface area contributed by atoms with Gasteiger partial charge in [0.15, 0.2) is 5.65 Å². The van der Waals surface area contributed by atoms with E-state index in [1.807, 2.05) is 25.3 Å². The fourth-order valence-electron chi connectivity index (χ4n) is 2.79. The molecule has 0 aliphatic carbocycles. The smallest absolute Gasteiger partial charge is 0.335 e. The van der Waals surface area contributed by atoms with Crippen molar-refractivity contribution in [2.75, 3.05) is 0 Å². The van der Waals surface area contributed by atoms with Crippen molar-refractivity contribution >= 4 is 17.1 Å². The number of carbonyl (C=O) groups is 1. The molecule has 0 radical (unpaired) electrons. The molecule has 0 unspecified atom stereocenters. The first-order valence-electron chi connectivity index (χ1n) is 8.22. The Morgan fingerprint density at radius 2 is 2.00 bits per heavy atom. The largest absolute Gasteiger partial charge is 0.478 e. The monoisotopic (exact) mass is 323 g/mol. The number of nitrogens with zero attached hydrogens (tertiary/aromatic N) is 3. The lowest BCUT2D eigenvalue weighted by Crippen LogP contribution is -2.06. The van der Waals surface area contributed by atoms with Gasteiger partial charge in [-0.3, -0.25) is 0 Å². The van der Waals surface area contributed by atoms with Crippen molar-refractivity contribution in [1.29, 1.82) is 0 Å². The van der Waals surface area contributed by atoms with Crippen molar-refractivity contribution in [2.24, 2.45) is 0 Å². The summed E-state index contributed by atoms with van der Waals surface area (Å²) in [6, 6.07) is 9.04. The van der Waals surface area contributed by atoms with Crippen LogP contribution in [-0.4, -0.2) is 25.6 Å². The third-order valence-corrected chi connectivity index (χ3v) is 4.10. The van der Waals surface area contributed by atoms with Crippen molar-refractivity contribution in [2.45, 2.75) is 39.7 Å². The molecule has 0 atom stereocenters. The molecule has 0 aliphatic heterocycles. The van der Waals surface area contributed by atoms with Crippen molar-refractivity contribution in [1.82, 2.24) is 14.5 Å². The maximum absolute atomic E-state index is 11.0. The third kappa shape index (κ3) is 3.30. The second-order valence-corrected chi connectivity index (χ2v) is 6.08. The summed E-state index contributed by atoms with van der Waals surface area (Å²) >= 11 is 0. The molecule has 24 heavy (non-hydrogen) atoms. The van der Waals surface area contributed by atoms with E-state index in [-0.39, 0.29) is 0 Å². The van der Waals surface area contributed by atoms with Gasteiger partial charge in [-0.05, 0) is 42.7 Å². The second-order valence-electron chi connectivity index (χ2n) is 6.08. The first kappa shape index (κ1) is 16.2. The van der Waals surface area contributed by atoms with Crippen molar-refractivity contribution in [3.8, 4) is 0 Å². The summed E-state index contributed by atoms with van der Waals surface area (Å²) in [5, 5.41) is 9.02. The summed E-state index contributed by atoms with van der Waals surface area (Å²) < 4.78 is 2.14. The molecule has 0 spiro atoms. The normalized spacial score (nSPS) is 11.1. The number of carboxylic acid groups (broad SMARTS) is 1. The van der Waals surface area contributed by atoms with Gasteiger partial charge in [-0.1, -0.05) is 25.5 Å². The Morgan fingerprint density at radius 1 is 1.25 bits per heavy atom. The van der Waals surface area contributed by atoms with Crippen LogP contribution < -0.4 is 0 Å². The Hall–Kier alpha value is -2.69. The van der Waals surface area contributed by atoms with Crippen LogP contribution in [0.5, 0.6) is 0 Å². The standard InChI is InChI=1S/C19H21N3O2/c1-3-4-5-17-21-16-10-13(2)11-20-18(16)22(17)12-14-6-8-15(9-7-14)19(23)24/h6-11H,3-5,12H2,1-2H3,(H,23,24). The van der Waals surface area contributed by atoms with Crippen LogP contribution in [0.2, 0.25) is 0 Å². The topological polar surface area (TPSA) is 68.0 Å². The molecule has 5 heteroatoms. The van der Waals surface area contributed by atoms with E-state index in [2.05, 4.69) is 22.5 Å². The van der Waals surface area contributed by atoms with Gasteiger partial charge in [-0.25, -0.2) is 14.8 Å². The molecule has 0 fully saturated rings. The van der Waals surface area contributed by atoms with Crippen molar-refractivity contribution in [3.63, 3.8) is 0 Å². The van der Waals surface area contributed by atoms with Crippen molar-refractivity contribution in [3.05, 3.63) is 59.0 Å². The SMILES string of the molecule is CCCCc1nc2cc(C)cnc2n1Cc1ccc(C(=O)O)cc1. The predicted octanol–water partition coefficient (Wildman–Crippen LogP) is 3.83. The van der Waals surface area contributed by atoms with Gasteiger partial charge < -0.3 is 9.67 Å². The summed E-state index contributed by atoms with van der Waals surface area (Å²) in [4.78, 5) is 20.3. The molecular formula is C19H21N3O2. The molecule has 3 aromatic rings. The zero-order chi connectivity index (χ0) is 17.1. The fourth-order valence-corrected chi connectivity index (χ4v) is 2.79. The molecule has 1 aromatic carbocycles. The zero-order valence-corrected chi connectivity index (χ0v) is 14.0. The third-order valence-electron chi connectivity index (χ3n) is 4.10. The molecule has 0 bridgehead atoms. The van der Waals surface area contributed by atoms with Crippen molar-refractivity contribution < 1.29 is 9.90 Å². The molecule has 0 aliphatic rings. The molecule has 3 rings (SSSR count). The van der Waals surface area contributed by atoms with E-state index < -0.39 is 5.97 Å². The molecule has 2 aromatic heterocycles. The van der Waals surface area contributed by atoms with Gasteiger partial charge >= 0.3 is 5.97 Å². The number of hydrogen-bond donors (Lipinski definition) is 1. The second kappa shape index (κ2) is 6.83. The highest BCUT2D eigenvalue weighted by molar-refractivity contribution is 5.87. The molecule has 0 saturated heterocycles. The number of rotatable bonds is 6. The summed E-state index contributed by atoms with van der Waals surface area (Å²) in [5.74, 6) is 0.127. The maximum Gasteiger partial charge on any atom is 0.335 e. The van der Waals surface area contributed by atoms with Gasteiger partial charge in [-0.2, -0.15) is 0 Å². The van der Waals surface area contributed by atoms with Gasteiger partial charge in [0, 0.05) is 12.6 Å². The Morgan fingerprint density at radius 3 is 2.67 bits per heavy atom. The molecule has 1 N–H and O–H groups in total. The van der Waals surface area contributed by atoms with Gasteiger partial charge in [0.2, 0.25) is 0 Å². The van der Waals surface area contributed by atoms with Gasteiger partial charge in [0.1, 0.15) is 11.3 Å². The number of aromatic nitrogens is 3. The van der Waals surface area contributed by atoms with E-state index in [9.17, 15) is 4.79 Å². The minimum Gasteiger partial charge on any atom is -0.478 e. The predicted molar refractivity (Wildman–Crippen MR) is 93.4 cm³/mol. The lowest BCUT2D eigenvalue weighted by Gasteiger charge is -2.09. The van der Waals surface area contributed by atoms with E-state index in [0.29, 0.717) is 12.1 Å². The van der Waals surface area contributed by atoms with E-state index >= 15 is 0 Å². The molecule has 2 heterocycles. The van der Waals surface area contributed by atoms with Crippen LogP contribution in [0.4, 0.5) is 0 Å². The fraction of sp³-hybridized carbons (Fsp3) is 0.316.